The molecule has 0 saturated carbocycles. The van der Waals surface area contributed by atoms with Crippen molar-refractivity contribution in [1.29, 1.82) is 0 Å². The third kappa shape index (κ3) is 1.58. The zero-order chi connectivity index (χ0) is 10.1. The lowest BCUT2D eigenvalue weighted by Crippen LogP contribution is -2.05. The average molecular weight is 254 g/mol. The van der Waals surface area contributed by atoms with Crippen molar-refractivity contribution in [3.63, 3.8) is 0 Å². The lowest BCUT2D eigenvalue weighted by molar-refractivity contribution is 0.539. The van der Waals surface area contributed by atoms with Crippen molar-refractivity contribution in [1.82, 2.24) is 0 Å². The van der Waals surface area contributed by atoms with Crippen molar-refractivity contribution >= 4 is 26.9 Å². The highest BCUT2D eigenvalue weighted by molar-refractivity contribution is 9.10. The van der Waals surface area contributed by atoms with Crippen LogP contribution in [0.25, 0.3) is 11.0 Å². The normalized spacial score (nSPS) is 10.7. The highest BCUT2D eigenvalue weighted by atomic mass is 79.9. The third-order valence-corrected chi connectivity index (χ3v) is 2.43. The fraction of sp³-hybridized carbons (Fsp3) is 0.100. The minimum Gasteiger partial charge on any atom is -0.459 e. The molecular weight excluding hydrogens is 246 g/mol. The SMILES string of the molecule is NCc1cc(=O)c2cc(Br)ccc2o1. The van der Waals surface area contributed by atoms with Crippen molar-refractivity contribution in [3.8, 4) is 0 Å². The van der Waals surface area contributed by atoms with E-state index >= 15 is 0 Å². The second-order valence-corrected chi connectivity index (χ2v) is 3.84. The van der Waals surface area contributed by atoms with Gasteiger partial charge in [0.1, 0.15) is 11.3 Å². The van der Waals surface area contributed by atoms with E-state index in [-0.39, 0.29) is 12.0 Å². The van der Waals surface area contributed by atoms with E-state index in [2.05, 4.69) is 15.9 Å². The quantitative estimate of drug-likeness (QED) is 0.846. The van der Waals surface area contributed by atoms with Crippen LogP contribution in [0.3, 0.4) is 0 Å². The Morgan fingerprint density at radius 1 is 1.36 bits per heavy atom. The molecule has 0 amide bonds. The van der Waals surface area contributed by atoms with Gasteiger partial charge in [0.05, 0.1) is 11.9 Å². The van der Waals surface area contributed by atoms with E-state index in [1.54, 1.807) is 12.1 Å². The number of rotatable bonds is 1. The number of benzene rings is 1. The smallest absolute Gasteiger partial charge is 0.193 e. The molecule has 0 spiro atoms. The molecule has 0 bridgehead atoms. The number of nitrogens with two attached hydrogens (primary N) is 1. The van der Waals surface area contributed by atoms with E-state index in [1.807, 2.05) is 6.07 Å². The van der Waals surface area contributed by atoms with Gasteiger partial charge in [0.25, 0.3) is 0 Å². The Bertz CT molecular complexity index is 533. The molecule has 0 aliphatic carbocycles. The van der Waals surface area contributed by atoms with Crippen LogP contribution in [0.5, 0.6) is 0 Å². The standard InChI is InChI=1S/C10H8BrNO2/c11-6-1-2-10-8(3-6)9(13)4-7(5-12)14-10/h1-4H,5,12H2. The highest BCUT2D eigenvalue weighted by Gasteiger charge is 2.03. The maximum Gasteiger partial charge on any atom is 0.193 e. The summed E-state index contributed by atoms with van der Waals surface area (Å²) in [6.45, 7) is 0.237. The van der Waals surface area contributed by atoms with Gasteiger partial charge in [-0.25, -0.2) is 0 Å². The van der Waals surface area contributed by atoms with E-state index in [0.29, 0.717) is 16.7 Å². The minimum atomic E-state index is -0.0620. The van der Waals surface area contributed by atoms with Crippen LogP contribution in [-0.4, -0.2) is 0 Å². The van der Waals surface area contributed by atoms with Crippen LogP contribution in [-0.2, 0) is 6.54 Å². The molecule has 3 nitrogen and oxygen atoms in total. The van der Waals surface area contributed by atoms with Crippen molar-refractivity contribution in [3.05, 3.63) is 44.7 Å². The molecule has 72 valence electrons. The molecule has 14 heavy (non-hydrogen) atoms. The van der Waals surface area contributed by atoms with Crippen LogP contribution in [0.2, 0.25) is 0 Å². The molecule has 1 aromatic carbocycles. The van der Waals surface area contributed by atoms with Crippen LogP contribution in [0.1, 0.15) is 5.76 Å². The number of hydrogen-bond donors (Lipinski definition) is 1. The van der Waals surface area contributed by atoms with Gasteiger partial charge in [-0.3, -0.25) is 4.79 Å². The van der Waals surface area contributed by atoms with E-state index in [1.165, 1.54) is 6.07 Å². The van der Waals surface area contributed by atoms with E-state index in [4.69, 9.17) is 10.2 Å². The lowest BCUT2D eigenvalue weighted by Gasteiger charge is -2.00. The van der Waals surface area contributed by atoms with Gasteiger partial charge in [0.2, 0.25) is 0 Å². The van der Waals surface area contributed by atoms with Crippen molar-refractivity contribution in [2.75, 3.05) is 0 Å². The molecule has 0 aliphatic heterocycles. The fourth-order valence-corrected chi connectivity index (χ4v) is 1.64. The average Bonchev–Trinajstić information content (AvgIpc) is 2.19. The predicted octanol–water partition coefficient (Wildman–Crippen LogP) is 2.01. The topological polar surface area (TPSA) is 56.2 Å². The second kappa shape index (κ2) is 3.55. The van der Waals surface area contributed by atoms with E-state index in [0.717, 1.165) is 4.47 Å². The maximum absolute atomic E-state index is 11.6. The first-order chi connectivity index (χ1) is 6.70. The van der Waals surface area contributed by atoms with Crippen molar-refractivity contribution in [2.24, 2.45) is 5.73 Å². The van der Waals surface area contributed by atoms with Crippen molar-refractivity contribution < 1.29 is 4.42 Å². The summed E-state index contributed by atoms with van der Waals surface area (Å²) in [4.78, 5) is 11.6. The van der Waals surface area contributed by atoms with Gasteiger partial charge in [-0.05, 0) is 18.2 Å². The molecule has 2 N–H and O–H groups in total. The molecule has 2 aromatic rings. The molecule has 0 unspecified atom stereocenters. The number of fused-ring (bicyclic) bond motifs is 1. The summed E-state index contributed by atoms with van der Waals surface area (Å²) in [5.41, 5.74) is 5.91. The van der Waals surface area contributed by atoms with Crippen LogP contribution in [0.4, 0.5) is 0 Å². The molecule has 2 rings (SSSR count). The molecular formula is C10H8BrNO2. The molecule has 0 radical (unpaired) electrons. The molecule has 0 atom stereocenters. The summed E-state index contributed by atoms with van der Waals surface area (Å²) in [5, 5.41) is 0.566. The Hall–Kier alpha value is -1.13. The summed E-state index contributed by atoms with van der Waals surface area (Å²) in [6.07, 6.45) is 0. The van der Waals surface area contributed by atoms with Gasteiger partial charge >= 0.3 is 0 Å². The van der Waals surface area contributed by atoms with Gasteiger partial charge in [0.15, 0.2) is 5.43 Å². The highest BCUT2D eigenvalue weighted by Crippen LogP contribution is 2.17. The third-order valence-electron chi connectivity index (χ3n) is 1.94. The Labute approximate surface area is 88.7 Å². The summed E-state index contributed by atoms with van der Waals surface area (Å²) < 4.78 is 6.26. The van der Waals surface area contributed by atoms with Crippen LogP contribution < -0.4 is 11.2 Å². The largest absolute Gasteiger partial charge is 0.459 e. The monoisotopic (exact) mass is 253 g/mol. The molecule has 0 fully saturated rings. The van der Waals surface area contributed by atoms with Gasteiger partial charge in [-0.2, -0.15) is 0 Å². The first-order valence-electron chi connectivity index (χ1n) is 4.13. The van der Waals surface area contributed by atoms with Gasteiger partial charge < -0.3 is 10.2 Å². The number of halogens is 1. The van der Waals surface area contributed by atoms with E-state index in [9.17, 15) is 4.79 Å². The first kappa shape index (κ1) is 9.43. The zero-order valence-corrected chi connectivity index (χ0v) is 8.87. The predicted molar refractivity (Wildman–Crippen MR) is 58.1 cm³/mol. The summed E-state index contributed by atoms with van der Waals surface area (Å²) >= 11 is 3.30. The molecule has 4 heteroatoms. The minimum absolute atomic E-state index is 0.0620. The summed E-state index contributed by atoms with van der Waals surface area (Å²) in [7, 11) is 0. The Balaban J connectivity index is 2.83. The molecule has 1 aromatic heterocycles. The maximum atomic E-state index is 11.6. The Kier molecular flexibility index (Phi) is 2.39. The van der Waals surface area contributed by atoms with Crippen LogP contribution >= 0.6 is 15.9 Å². The molecule has 0 saturated heterocycles. The molecule has 1 heterocycles. The first-order valence-corrected chi connectivity index (χ1v) is 4.92. The Morgan fingerprint density at radius 3 is 2.86 bits per heavy atom. The van der Waals surface area contributed by atoms with Gasteiger partial charge in [0, 0.05) is 10.5 Å². The van der Waals surface area contributed by atoms with Crippen LogP contribution in [0, 0.1) is 0 Å². The second-order valence-electron chi connectivity index (χ2n) is 2.92. The van der Waals surface area contributed by atoms with Gasteiger partial charge in [-0.1, -0.05) is 15.9 Å². The summed E-state index contributed by atoms with van der Waals surface area (Å²) in [5.74, 6) is 0.504. The molecule has 0 aliphatic rings. The zero-order valence-electron chi connectivity index (χ0n) is 7.29. The fourth-order valence-electron chi connectivity index (χ4n) is 1.28. The van der Waals surface area contributed by atoms with E-state index < -0.39 is 0 Å². The lowest BCUT2D eigenvalue weighted by atomic mass is 10.2. The van der Waals surface area contributed by atoms with Crippen LogP contribution in [0.15, 0.2) is 37.9 Å². The Morgan fingerprint density at radius 2 is 2.14 bits per heavy atom. The van der Waals surface area contributed by atoms with Crippen molar-refractivity contribution in [2.45, 2.75) is 6.54 Å². The van der Waals surface area contributed by atoms with Gasteiger partial charge in [-0.15, -0.1) is 0 Å². The number of hydrogen-bond acceptors (Lipinski definition) is 3. The summed E-state index contributed by atoms with van der Waals surface area (Å²) in [6, 6.07) is 6.74.